The molecule has 0 aliphatic carbocycles. The van der Waals surface area contributed by atoms with Crippen molar-refractivity contribution in [1.82, 2.24) is 0 Å². The number of hydrogen-bond acceptors (Lipinski definition) is 2. The number of ketones is 2. The first kappa shape index (κ1) is 14.8. The Kier molecular flexibility index (Phi) is 6.63. The van der Waals surface area contributed by atoms with Gasteiger partial charge in [-0.3, -0.25) is 9.59 Å². The molecule has 2 heteroatoms. The van der Waals surface area contributed by atoms with Crippen molar-refractivity contribution in [2.45, 2.75) is 53.4 Å². The third kappa shape index (κ3) is 6.33. The third-order valence-electron chi connectivity index (χ3n) is 2.50. The first-order valence-electron chi connectivity index (χ1n) is 5.68. The Morgan fingerprint density at radius 1 is 1.00 bits per heavy atom. The van der Waals surface area contributed by atoms with Crippen LogP contribution in [0, 0.1) is 0 Å². The summed E-state index contributed by atoms with van der Waals surface area (Å²) in [6.45, 7) is 11.4. The summed E-state index contributed by atoms with van der Waals surface area (Å²) in [5.41, 5.74) is 3.76. The van der Waals surface area contributed by atoms with Gasteiger partial charge < -0.3 is 0 Å². The lowest BCUT2D eigenvalue weighted by Gasteiger charge is -2.09. The van der Waals surface area contributed by atoms with Crippen molar-refractivity contribution in [3.05, 3.63) is 23.3 Å². The molecule has 0 fully saturated rings. The molecule has 0 aromatic carbocycles. The summed E-state index contributed by atoms with van der Waals surface area (Å²) in [6, 6.07) is 0. The van der Waals surface area contributed by atoms with Crippen LogP contribution in [0.5, 0.6) is 0 Å². The van der Waals surface area contributed by atoms with Gasteiger partial charge in [-0.2, -0.15) is 0 Å². The molecule has 0 aliphatic rings. The van der Waals surface area contributed by atoms with Crippen molar-refractivity contribution in [3.63, 3.8) is 0 Å². The van der Waals surface area contributed by atoms with E-state index in [0.717, 1.165) is 24.8 Å². The Bertz CT molecular complexity index is 318. The van der Waals surface area contributed by atoms with E-state index >= 15 is 0 Å². The molecule has 0 bridgehead atoms. The maximum atomic E-state index is 11.1. The molecule has 0 aromatic heterocycles. The van der Waals surface area contributed by atoms with Crippen LogP contribution in [0.2, 0.25) is 0 Å². The maximum absolute atomic E-state index is 11.1. The zero-order valence-electron chi connectivity index (χ0n) is 10.9. The Labute approximate surface area is 98.4 Å². The van der Waals surface area contributed by atoms with Crippen LogP contribution < -0.4 is 0 Å². The molecule has 0 aromatic rings. The van der Waals surface area contributed by atoms with Gasteiger partial charge in [0.1, 0.15) is 0 Å². The lowest BCUT2D eigenvalue weighted by Crippen LogP contribution is -2.08. The van der Waals surface area contributed by atoms with E-state index in [4.69, 9.17) is 0 Å². The van der Waals surface area contributed by atoms with Crippen LogP contribution in [0.15, 0.2) is 23.3 Å². The van der Waals surface area contributed by atoms with Gasteiger partial charge in [0.15, 0.2) is 11.6 Å². The van der Waals surface area contributed by atoms with Gasteiger partial charge in [-0.15, -0.1) is 0 Å². The predicted molar refractivity (Wildman–Crippen MR) is 67.3 cm³/mol. The van der Waals surface area contributed by atoms with Crippen LogP contribution in [-0.2, 0) is 9.59 Å². The first-order chi connectivity index (χ1) is 7.34. The fourth-order valence-corrected chi connectivity index (χ4v) is 1.52. The molecule has 0 aliphatic heterocycles. The second-order valence-electron chi connectivity index (χ2n) is 4.57. The van der Waals surface area contributed by atoms with Gasteiger partial charge in [0.05, 0.1) is 0 Å². The summed E-state index contributed by atoms with van der Waals surface area (Å²) < 4.78 is 0. The molecule has 90 valence electrons. The minimum atomic E-state index is -0.335. The van der Waals surface area contributed by atoms with E-state index in [0.29, 0.717) is 6.42 Å². The number of rotatable bonds is 7. The number of hydrogen-bond donors (Lipinski definition) is 0. The van der Waals surface area contributed by atoms with Gasteiger partial charge in [0, 0.05) is 13.3 Å². The van der Waals surface area contributed by atoms with E-state index in [1.165, 1.54) is 18.1 Å². The monoisotopic (exact) mass is 222 g/mol. The molecule has 0 N–H and O–H groups in total. The van der Waals surface area contributed by atoms with Gasteiger partial charge in [-0.1, -0.05) is 23.3 Å². The van der Waals surface area contributed by atoms with Crippen molar-refractivity contribution in [3.8, 4) is 0 Å². The van der Waals surface area contributed by atoms with Gasteiger partial charge in [0.2, 0.25) is 0 Å². The zero-order chi connectivity index (χ0) is 12.7. The number of Topliss-reactive ketones (excluding diaryl/α,β-unsaturated/α-hetero) is 2. The quantitative estimate of drug-likeness (QED) is 0.487. The number of allylic oxidation sites excluding steroid dienone is 3. The Balaban J connectivity index is 4.16. The standard InChI is InChI=1S/C14H22O2/c1-10(2)9-13(11(3)4)7-6-8-14(16)12(5)15/h1,6-9H2,2-5H3. The molecular formula is C14H22O2. The smallest absolute Gasteiger partial charge is 0.198 e. The SMILES string of the molecule is C=C(C)CC(CCCC(=O)C(C)=O)=C(C)C. The van der Waals surface area contributed by atoms with Crippen LogP contribution in [0.3, 0.4) is 0 Å². The normalized spacial score (nSPS) is 9.75. The Morgan fingerprint density at radius 3 is 1.94 bits per heavy atom. The maximum Gasteiger partial charge on any atom is 0.198 e. The molecule has 0 saturated heterocycles. The van der Waals surface area contributed by atoms with E-state index in [2.05, 4.69) is 20.4 Å². The van der Waals surface area contributed by atoms with Crippen molar-refractivity contribution in [1.29, 1.82) is 0 Å². The van der Waals surface area contributed by atoms with E-state index in [1.807, 2.05) is 6.92 Å². The van der Waals surface area contributed by atoms with Crippen LogP contribution >= 0.6 is 0 Å². The minimum absolute atomic E-state index is 0.261. The fraction of sp³-hybridized carbons (Fsp3) is 0.571. The Hall–Kier alpha value is -1.18. The van der Waals surface area contributed by atoms with Gasteiger partial charge in [0.25, 0.3) is 0 Å². The second-order valence-corrected chi connectivity index (χ2v) is 4.57. The number of carbonyl (C=O) groups excluding carboxylic acids is 2. The highest BCUT2D eigenvalue weighted by Crippen LogP contribution is 2.19. The van der Waals surface area contributed by atoms with Gasteiger partial charge in [-0.25, -0.2) is 0 Å². The molecule has 0 spiro atoms. The van der Waals surface area contributed by atoms with Crippen molar-refractivity contribution in [2.75, 3.05) is 0 Å². The molecule has 0 atom stereocenters. The van der Waals surface area contributed by atoms with Crippen molar-refractivity contribution < 1.29 is 9.59 Å². The highest BCUT2D eigenvalue weighted by Gasteiger charge is 2.08. The zero-order valence-corrected chi connectivity index (χ0v) is 10.9. The van der Waals surface area contributed by atoms with E-state index in [-0.39, 0.29) is 11.6 Å². The highest BCUT2D eigenvalue weighted by molar-refractivity contribution is 6.36. The molecule has 2 nitrogen and oxygen atoms in total. The summed E-state index contributed by atoms with van der Waals surface area (Å²) in [5, 5.41) is 0. The molecule has 0 radical (unpaired) electrons. The van der Waals surface area contributed by atoms with Gasteiger partial charge >= 0.3 is 0 Å². The minimum Gasteiger partial charge on any atom is -0.291 e. The van der Waals surface area contributed by atoms with Crippen LogP contribution in [0.4, 0.5) is 0 Å². The summed E-state index contributed by atoms with van der Waals surface area (Å²) >= 11 is 0. The molecule has 0 unspecified atom stereocenters. The van der Waals surface area contributed by atoms with Crippen LogP contribution in [-0.4, -0.2) is 11.6 Å². The fourth-order valence-electron chi connectivity index (χ4n) is 1.52. The van der Waals surface area contributed by atoms with Crippen LogP contribution in [0.25, 0.3) is 0 Å². The van der Waals surface area contributed by atoms with E-state index in [1.54, 1.807) is 0 Å². The largest absolute Gasteiger partial charge is 0.291 e. The molecule has 0 rings (SSSR count). The van der Waals surface area contributed by atoms with E-state index in [9.17, 15) is 9.59 Å². The summed E-state index contributed by atoms with van der Waals surface area (Å²) in [6.07, 6.45) is 2.90. The van der Waals surface area contributed by atoms with Gasteiger partial charge in [-0.05, 0) is 40.0 Å². The molecular weight excluding hydrogens is 200 g/mol. The summed E-state index contributed by atoms with van der Waals surface area (Å²) in [5.74, 6) is -0.595. The summed E-state index contributed by atoms with van der Waals surface area (Å²) in [7, 11) is 0. The molecule has 0 saturated carbocycles. The first-order valence-corrected chi connectivity index (χ1v) is 5.68. The predicted octanol–water partition coefficient (Wildman–Crippen LogP) is 3.62. The lowest BCUT2D eigenvalue weighted by atomic mass is 9.97. The van der Waals surface area contributed by atoms with Crippen molar-refractivity contribution in [2.24, 2.45) is 0 Å². The molecule has 0 heterocycles. The van der Waals surface area contributed by atoms with E-state index < -0.39 is 0 Å². The van der Waals surface area contributed by atoms with Crippen LogP contribution in [0.1, 0.15) is 53.4 Å². The second kappa shape index (κ2) is 7.15. The number of carbonyl (C=O) groups is 2. The highest BCUT2D eigenvalue weighted by atomic mass is 16.2. The average Bonchev–Trinajstić information content (AvgIpc) is 2.14. The average molecular weight is 222 g/mol. The molecule has 0 amide bonds. The topological polar surface area (TPSA) is 34.1 Å². The third-order valence-corrected chi connectivity index (χ3v) is 2.50. The lowest BCUT2D eigenvalue weighted by molar-refractivity contribution is -0.135. The molecule has 16 heavy (non-hydrogen) atoms. The van der Waals surface area contributed by atoms with Crippen molar-refractivity contribution >= 4 is 11.6 Å². The summed E-state index contributed by atoms with van der Waals surface area (Å²) in [4.78, 5) is 21.9. The Morgan fingerprint density at radius 2 is 1.56 bits per heavy atom.